The molecule has 3 N–H and O–H groups in total. The van der Waals surface area contributed by atoms with Crippen LogP contribution in [-0.4, -0.2) is 43.2 Å². The molecule has 1 amide bonds. The number of hydrogen-bond acceptors (Lipinski definition) is 5. The molecule has 0 saturated carbocycles. The number of nitrogens with zero attached hydrogens (tertiary/aromatic N) is 3. The van der Waals surface area contributed by atoms with Crippen molar-refractivity contribution in [3.05, 3.63) is 63.3 Å². The van der Waals surface area contributed by atoms with E-state index in [2.05, 4.69) is 20.4 Å². The first-order valence-corrected chi connectivity index (χ1v) is 8.87. The summed E-state index contributed by atoms with van der Waals surface area (Å²) in [7, 11) is 0. The Morgan fingerprint density at radius 3 is 2.70 bits per heavy atom. The van der Waals surface area contributed by atoms with E-state index in [1.807, 2.05) is 30.3 Å². The molecule has 8 heteroatoms. The van der Waals surface area contributed by atoms with Gasteiger partial charge in [-0.25, -0.2) is 4.98 Å². The van der Waals surface area contributed by atoms with Crippen LogP contribution < -0.4 is 10.9 Å². The number of H-pyrrole nitrogens is 1. The van der Waals surface area contributed by atoms with E-state index in [9.17, 15) is 14.7 Å². The minimum absolute atomic E-state index is 0.141. The zero-order chi connectivity index (χ0) is 19.4. The van der Waals surface area contributed by atoms with Crippen LogP contribution in [0.2, 0.25) is 0 Å². The van der Waals surface area contributed by atoms with Gasteiger partial charge in [-0.3, -0.25) is 14.7 Å². The summed E-state index contributed by atoms with van der Waals surface area (Å²) < 4.78 is 1.29. The van der Waals surface area contributed by atoms with E-state index in [1.54, 1.807) is 13.8 Å². The SMILES string of the molecule is Cc1nc2nc(C)c(CCC(=O)N[C@@H](CO)Cc3ccccc3)c(=O)n2[nH]1. The Hall–Kier alpha value is -3.00. The lowest BCUT2D eigenvalue weighted by atomic mass is 10.1. The minimum Gasteiger partial charge on any atom is -0.394 e. The van der Waals surface area contributed by atoms with Gasteiger partial charge in [0.2, 0.25) is 5.91 Å². The largest absolute Gasteiger partial charge is 0.394 e. The molecule has 1 aromatic carbocycles. The number of aliphatic hydroxyl groups excluding tert-OH is 1. The van der Waals surface area contributed by atoms with E-state index in [1.165, 1.54) is 4.52 Å². The van der Waals surface area contributed by atoms with E-state index in [0.717, 1.165) is 5.56 Å². The lowest BCUT2D eigenvalue weighted by Gasteiger charge is -2.16. The summed E-state index contributed by atoms with van der Waals surface area (Å²) in [5, 5.41) is 15.2. The van der Waals surface area contributed by atoms with Crippen LogP contribution in [0.1, 0.15) is 29.1 Å². The number of carbonyl (C=O) groups is 1. The highest BCUT2D eigenvalue weighted by molar-refractivity contribution is 5.76. The van der Waals surface area contributed by atoms with E-state index < -0.39 is 0 Å². The highest BCUT2D eigenvalue weighted by Gasteiger charge is 2.16. The number of benzene rings is 1. The molecule has 2 heterocycles. The van der Waals surface area contributed by atoms with Crippen molar-refractivity contribution in [3.63, 3.8) is 0 Å². The number of rotatable bonds is 7. The lowest BCUT2D eigenvalue weighted by Crippen LogP contribution is -2.39. The van der Waals surface area contributed by atoms with Crippen LogP contribution in [0.3, 0.4) is 0 Å². The standard InChI is InChI=1S/C19H23N5O3/c1-12-16(18(27)24-19(20-12)21-13(2)23-24)8-9-17(26)22-15(11-25)10-14-6-4-3-5-7-14/h3-7,15,25H,8-11H2,1-2H3,(H,22,26)(H,20,21,23)/t15-/m1/s1. The van der Waals surface area contributed by atoms with Gasteiger partial charge < -0.3 is 10.4 Å². The number of aliphatic hydroxyl groups is 1. The number of aromatic nitrogens is 4. The van der Waals surface area contributed by atoms with Crippen LogP contribution in [0.25, 0.3) is 5.78 Å². The third-order valence-corrected chi connectivity index (χ3v) is 4.42. The molecule has 1 atom stereocenters. The van der Waals surface area contributed by atoms with Gasteiger partial charge in [-0.1, -0.05) is 30.3 Å². The number of fused-ring (bicyclic) bond motifs is 1. The van der Waals surface area contributed by atoms with Crippen LogP contribution >= 0.6 is 0 Å². The topological polar surface area (TPSA) is 112 Å². The quantitative estimate of drug-likeness (QED) is 0.567. The molecule has 0 spiro atoms. The highest BCUT2D eigenvalue weighted by Crippen LogP contribution is 2.07. The Balaban J connectivity index is 1.65. The second-order valence-electron chi connectivity index (χ2n) is 6.56. The molecule has 0 radical (unpaired) electrons. The molecule has 0 bridgehead atoms. The van der Waals surface area contributed by atoms with Crippen molar-refractivity contribution in [2.45, 2.75) is 39.2 Å². The number of aromatic amines is 1. The second-order valence-corrected chi connectivity index (χ2v) is 6.56. The Bertz CT molecular complexity index is 994. The van der Waals surface area contributed by atoms with Crippen LogP contribution in [-0.2, 0) is 17.6 Å². The smallest absolute Gasteiger partial charge is 0.277 e. The van der Waals surface area contributed by atoms with E-state index in [-0.39, 0.29) is 37.0 Å². The minimum atomic E-state index is -0.363. The molecule has 27 heavy (non-hydrogen) atoms. The molecule has 3 aromatic rings. The summed E-state index contributed by atoms with van der Waals surface area (Å²) in [4.78, 5) is 33.3. The first-order valence-electron chi connectivity index (χ1n) is 8.87. The van der Waals surface area contributed by atoms with Gasteiger partial charge in [-0.2, -0.15) is 9.50 Å². The van der Waals surface area contributed by atoms with Crippen LogP contribution in [0.4, 0.5) is 0 Å². The van der Waals surface area contributed by atoms with Crippen LogP contribution in [0.15, 0.2) is 35.1 Å². The van der Waals surface area contributed by atoms with Gasteiger partial charge >= 0.3 is 0 Å². The Morgan fingerprint density at radius 1 is 1.26 bits per heavy atom. The molecule has 0 aliphatic carbocycles. The molecule has 0 aliphatic rings. The van der Waals surface area contributed by atoms with E-state index in [4.69, 9.17) is 0 Å². The molecular weight excluding hydrogens is 346 g/mol. The summed E-state index contributed by atoms with van der Waals surface area (Å²) in [6.07, 6.45) is 0.960. The Kier molecular flexibility index (Phi) is 5.66. The normalized spacial score (nSPS) is 12.3. The maximum Gasteiger partial charge on any atom is 0.277 e. The van der Waals surface area contributed by atoms with Gasteiger partial charge in [0.05, 0.1) is 18.3 Å². The number of amides is 1. The van der Waals surface area contributed by atoms with Gasteiger partial charge in [-0.15, -0.1) is 0 Å². The fourth-order valence-electron chi connectivity index (χ4n) is 3.05. The zero-order valence-corrected chi connectivity index (χ0v) is 15.4. The van der Waals surface area contributed by atoms with Gasteiger partial charge in [-0.05, 0) is 32.3 Å². The zero-order valence-electron chi connectivity index (χ0n) is 15.4. The monoisotopic (exact) mass is 369 g/mol. The van der Waals surface area contributed by atoms with Crippen molar-refractivity contribution in [2.24, 2.45) is 0 Å². The summed E-state index contributed by atoms with van der Waals surface area (Å²) in [6.45, 7) is 3.34. The predicted octanol–water partition coefficient (Wildman–Crippen LogP) is 0.687. The number of carbonyl (C=O) groups excluding carboxylic acids is 1. The molecular formula is C19H23N5O3. The summed E-state index contributed by atoms with van der Waals surface area (Å²) >= 11 is 0. The van der Waals surface area contributed by atoms with Crippen LogP contribution in [0, 0.1) is 13.8 Å². The summed E-state index contributed by atoms with van der Waals surface area (Å²) in [6, 6.07) is 9.30. The third kappa shape index (κ3) is 4.40. The van der Waals surface area contributed by atoms with Gasteiger partial charge in [0.15, 0.2) is 0 Å². The van der Waals surface area contributed by atoms with Crippen molar-refractivity contribution < 1.29 is 9.90 Å². The van der Waals surface area contributed by atoms with Gasteiger partial charge in [0, 0.05) is 12.0 Å². The molecule has 0 fully saturated rings. The summed E-state index contributed by atoms with van der Waals surface area (Å²) in [5.41, 5.74) is 1.85. The molecule has 0 unspecified atom stereocenters. The Labute approximate surface area is 156 Å². The maximum atomic E-state index is 12.6. The molecule has 2 aromatic heterocycles. The molecule has 142 valence electrons. The second kappa shape index (κ2) is 8.13. The van der Waals surface area contributed by atoms with E-state index in [0.29, 0.717) is 29.3 Å². The van der Waals surface area contributed by atoms with Gasteiger partial charge in [0.25, 0.3) is 11.3 Å². The Morgan fingerprint density at radius 2 is 2.00 bits per heavy atom. The number of hydrogen-bond donors (Lipinski definition) is 3. The average Bonchev–Trinajstić information content (AvgIpc) is 3.02. The maximum absolute atomic E-state index is 12.6. The fourth-order valence-corrected chi connectivity index (χ4v) is 3.05. The fraction of sp³-hybridized carbons (Fsp3) is 0.368. The molecule has 3 rings (SSSR count). The lowest BCUT2D eigenvalue weighted by molar-refractivity contribution is -0.122. The van der Waals surface area contributed by atoms with Crippen molar-refractivity contribution in [1.82, 2.24) is 24.9 Å². The van der Waals surface area contributed by atoms with Crippen molar-refractivity contribution in [2.75, 3.05) is 6.61 Å². The van der Waals surface area contributed by atoms with Gasteiger partial charge in [0.1, 0.15) is 5.82 Å². The van der Waals surface area contributed by atoms with Crippen molar-refractivity contribution >= 4 is 11.7 Å². The van der Waals surface area contributed by atoms with Crippen molar-refractivity contribution in [3.8, 4) is 0 Å². The third-order valence-electron chi connectivity index (χ3n) is 4.42. The molecule has 0 aliphatic heterocycles. The van der Waals surface area contributed by atoms with Crippen molar-refractivity contribution in [1.29, 1.82) is 0 Å². The average molecular weight is 369 g/mol. The number of aryl methyl sites for hydroxylation is 2. The molecule has 8 nitrogen and oxygen atoms in total. The summed E-state index contributed by atoms with van der Waals surface area (Å²) in [5.74, 6) is 0.710. The number of nitrogens with one attached hydrogen (secondary N) is 2. The first-order chi connectivity index (χ1) is 13.0. The predicted molar refractivity (Wildman–Crippen MR) is 101 cm³/mol. The first kappa shape index (κ1) is 18.8. The van der Waals surface area contributed by atoms with E-state index >= 15 is 0 Å². The van der Waals surface area contributed by atoms with Crippen LogP contribution in [0.5, 0.6) is 0 Å². The molecule has 0 saturated heterocycles. The highest BCUT2D eigenvalue weighted by atomic mass is 16.3.